The largest absolute Gasteiger partial charge is 0.416 e. The highest BCUT2D eigenvalue weighted by atomic mass is 35.5. The van der Waals surface area contributed by atoms with Gasteiger partial charge in [0.2, 0.25) is 0 Å². The first kappa shape index (κ1) is 18.8. The summed E-state index contributed by atoms with van der Waals surface area (Å²) in [6, 6.07) is 1.31. The molecule has 1 heterocycles. The van der Waals surface area contributed by atoms with Gasteiger partial charge in [-0.3, -0.25) is 0 Å². The average molecular weight is 430 g/mol. The van der Waals surface area contributed by atoms with Crippen LogP contribution in [0, 0.1) is 0 Å². The third-order valence-electron chi connectivity index (χ3n) is 2.56. The SMILES string of the molecule is O=S(c1cnn(-c2c(Cl)cc(C(F)(F)F)cc2Cl)c1)C(F)(Cl)Cl. The number of hydrogen-bond acceptors (Lipinski definition) is 2. The Morgan fingerprint density at radius 1 is 1.09 bits per heavy atom. The van der Waals surface area contributed by atoms with Crippen LogP contribution in [0.25, 0.3) is 5.69 Å². The van der Waals surface area contributed by atoms with Gasteiger partial charge in [0.15, 0.2) is 0 Å². The second-order valence-electron chi connectivity index (χ2n) is 4.12. The molecule has 0 radical (unpaired) electrons. The van der Waals surface area contributed by atoms with Crippen LogP contribution in [-0.2, 0) is 17.0 Å². The summed E-state index contributed by atoms with van der Waals surface area (Å²) in [5.74, 6) is 0. The zero-order chi connectivity index (χ0) is 17.6. The molecule has 1 aromatic heterocycles. The lowest BCUT2D eigenvalue weighted by molar-refractivity contribution is -0.137. The minimum Gasteiger partial charge on any atom is -0.248 e. The van der Waals surface area contributed by atoms with Crippen LogP contribution >= 0.6 is 46.4 Å². The molecule has 0 fully saturated rings. The molecule has 1 unspecified atom stereocenters. The van der Waals surface area contributed by atoms with E-state index < -0.39 is 26.5 Å². The number of benzene rings is 1. The number of nitrogens with zero attached hydrogens (tertiary/aromatic N) is 2. The maximum absolute atomic E-state index is 13.2. The normalized spacial score (nSPS) is 14.1. The molecule has 1 aromatic carbocycles. The molecule has 12 heteroatoms. The lowest BCUT2D eigenvalue weighted by Gasteiger charge is -2.12. The van der Waals surface area contributed by atoms with Crippen LogP contribution in [0.15, 0.2) is 29.4 Å². The van der Waals surface area contributed by atoms with Crippen molar-refractivity contribution in [2.24, 2.45) is 0 Å². The second kappa shape index (κ2) is 6.40. The lowest BCUT2D eigenvalue weighted by Crippen LogP contribution is -2.12. The van der Waals surface area contributed by atoms with Crippen molar-refractivity contribution in [3.05, 3.63) is 40.1 Å². The van der Waals surface area contributed by atoms with Crippen molar-refractivity contribution in [3.63, 3.8) is 0 Å². The minimum absolute atomic E-state index is 0.0989. The highest BCUT2D eigenvalue weighted by molar-refractivity contribution is 7.89. The Morgan fingerprint density at radius 3 is 2.04 bits per heavy atom. The van der Waals surface area contributed by atoms with Gasteiger partial charge in [-0.2, -0.15) is 22.7 Å². The van der Waals surface area contributed by atoms with Crippen molar-refractivity contribution < 1.29 is 21.8 Å². The summed E-state index contributed by atoms with van der Waals surface area (Å²) in [5, 5.41) is 3.02. The standard InChI is InChI=1S/C11H4Cl4F4N2OS/c12-7-1-5(10(16,17)18)2-8(13)9(7)21-4-6(3-20-21)23(22)11(14,15)19/h1-4H. The molecule has 0 N–H and O–H groups in total. The predicted molar refractivity (Wildman–Crippen MR) is 80.5 cm³/mol. The molecular formula is C11H4Cl4F4N2OS. The highest BCUT2D eigenvalue weighted by Crippen LogP contribution is 2.38. The van der Waals surface area contributed by atoms with E-state index in [1.807, 2.05) is 0 Å². The van der Waals surface area contributed by atoms with E-state index in [4.69, 9.17) is 46.4 Å². The van der Waals surface area contributed by atoms with Crippen molar-refractivity contribution in [2.45, 2.75) is 15.0 Å². The Kier molecular flexibility index (Phi) is 5.23. The monoisotopic (exact) mass is 428 g/mol. The summed E-state index contributed by atoms with van der Waals surface area (Å²) in [7, 11) is -2.47. The third kappa shape index (κ3) is 4.11. The van der Waals surface area contributed by atoms with Crippen molar-refractivity contribution in [3.8, 4) is 5.69 Å². The van der Waals surface area contributed by atoms with Crippen LogP contribution in [-0.4, -0.2) is 17.9 Å². The van der Waals surface area contributed by atoms with Gasteiger partial charge >= 0.3 is 10.1 Å². The molecule has 3 nitrogen and oxygen atoms in total. The maximum Gasteiger partial charge on any atom is 0.416 e. The van der Waals surface area contributed by atoms with Crippen LogP contribution in [0.3, 0.4) is 0 Å². The fourth-order valence-electron chi connectivity index (χ4n) is 1.61. The van der Waals surface area contributed by atoms with Gasteiger partial charge < -0.3 is 0 Å². The average Bonchev–Trinajstić information content (AvgIpc) is 2.84. The topological polar surface area (TPSA) is 34.9 Å². The van der Waals surface area contributed by atoms with Crippen LogP contribution in [0.4, 0.5) is 17.6 Å². The van der Waals surface area contributed by atoms with Crippen LogP contribution in [0.5, 0.6) is 0 Å². The van der Waals surface area contributed by atoms with E-state index in [9.17, 15) is 21.8 Å². The molecule has 0 bridgehead atoms. The molecule has 2 rings (SSSR count). The van der Waals surface area contributed by atoms with Crippen molar-refractivity contribution in [1.82, 2.24) is 9.78 Å². The number of rotatable bonds is 3. The van der Waals surface area contributed by atoms with E-state index in [1.54, 1.807) is 0 Å². The van der Waals surface area contributed by atoms with Gasteiger partial charge in [-0.05, 0) is 12.1 Å². The van der Waals surface area contributed by atoms with Crippen LogP contribution in [0.2, 0.25) is 10.0 Å². The van der Waals surface area contributed by atoms with E-state index in [1.165, 1.54) is 0 Å². The van der Waals surface area contributed by atoms with Crippen LogP contribution < -0.4 is 0 Å². The molecule has 2 aromatic rings. The molecule has 0 amide bonds. The predicted octanol–water partition coefficient (Wildman–Crippen LogP) is 5.36. The zero-order valence-corrected chi connectivity index (χ0v) is 14.4. The van der Waals surface area contributed by atoms with E-state index in [0.717, 1.165) is 17.1 Å². The van der Waals surface area contributed by atoms with E-state index in [0.29, 0.717) is 12.1 Å². The molecule has 23 heavy (non-hydrogen) atoms. The summed E-state index contributed by atoms with van der Waals surface area (Å²) in [4.78, 5) is -0.204. The summed E-state index contributed by atoms with van der Waals surface area (Å²) in [6.45, 7) is 0. The van der Waals surface area contributed by atoms with Crippen molar-refractivity contribution in [1.29, 1.82) is 0 Å². The fraction of sp³-hybridized carbons (Fsp3) is 0.182. The molecule has 0 spiro atoms. The van der Waals surface area contributed by atoms with E-state index in [-0.39, 0.29) is 20.6 Å². The van der Waals surface area contributed by atoms with Crippen LogP contribution in [0.1, 0.15) is 5.56 Å². The number of halogens is 8. The van der Waals surface area contributed by atoms with E-state index >= 15 is 0 Å². The molecule has 0 saturated heterocycles. The van der Waals surface area contributed by atoms with Gasteiger partial charge in [-0.15, -0.1) is 0 Å². The highest BCUT2D eigenvalue weighted by Gasteiger charge is 2.34. The summed E-state index contributed by atoms with van der Waals surface area (Å²) >= 11 is 21.8. The van der Waals surface area contributed by atoms with Gasteiger partial charge in [0.05, 0.1) is 26.7 Å². The summed E-state index contributed by atoms with van der Waals surface area (Å²) in [6.07, 6.45) is -2.62. The molecule has 0 aliphatic rings. The number of alkyl halides is 6. The van der Waals surface area contributed by atoms with Crippen molar-refractivity contribution in [2.75, 3.05) is 0 Å². The molecule has 126 valence electrons. The first-order valence-corrected chi connectivity index (χ1v) is 8.17. The van der Waals surface area contributed by atoms with Gasteiger partial charge in [-0.25, -0.2) is 8.89 Å². The Morgan fingerprint density at radius 2 is 1.61 bits per heavy atom. The van der Waals surface area contributed by atoms with Gasteiger partial charge in [-0.1, -0.05) is 46.4 Å². The van der Waals surface area contributed by atoms with E-state index in [2.05, 4.69) is 5.10 Å². The minimum atomic E-state index is -4.63. The second-order valence-corrected chi connectivity index (χ2v) is 8.19. The smallest absolute Gasteiger partial charge is 0.248 e. The van der Waals surface area contributed by atoms with Gasteiger partial charge in [0, 0.05) is 6.20 Å². The Balaban J connectivity index is 2.49. The molecule has 1 atom stereocenters. The Labute approximate surface area is 149 Å². The summed E-state index contributed by atoms with van der Waals surface area (Å²) < 4.78 is 60.8. The Hall–Kier alpha value is -0.540. The van der Waals surface area contributed by atoms with Gasteiger partial charge in [0.1, 0.15) is 16.5 Å². The summed E-state index contributed by atoms with van der Waals surface area (Å²) in [5.41, 5.74) is -1.14. The first-order valence-electron chi connectivity index (χ1n) is 5.51. The fourth-order valence-corrected chi connectivity index (χ4v) is 3.41. The quantitative estimate of drug-likeness (QED) is 0.486. The first-order chi connectivity index (χ1) is 10.4. The molecule has 0 aliphatic heterocycles. The van der Waals surface area contributed by atoms with Crippen molar-refractivity contribution >= 4 is 57.2 Å². The Bertz CT molecular complexity index is 749. The lowest BCUT2D eigenvalue weighted by atomic mass is 10.2. The maximum atomic E-state index is 13.2. The molecule has 0 aliphatic carbocycles. The third-order valence-corrected chi connectivity index (χ3v) is 5.03. The number of hydrogen-bond donors (Lipinski definition) is 0. The molecular weight excluding hydrogens is 426 g/mol. The molecule has 0 saturated carbocycles. The van der Waals surface area contributed by atoms with Gasteiger partial charge in [0.25, 0.3) is 0 Å². The zero-order valence-electron chi connectivity index (χ0n) is 10.5. The number of aromatic nitrogens is 2.